The second-order valence-corrected chi connectivity index (χ2v) is 17.8. The third-order valence-electron chi connectivity index (χ3n) is 12.1. The van der Waals surface area contributed by atoms with Crippen molar-refractivity contribution in [1.82, 2.24) is 57.5 Å². The number of rotatable bonds is 19. The standard InChI is InChI=1S/C49H67N15O9/c1-3-4-14-34(58-28(2)65)43(68)60-36-17-18-41(66)54-21-19-37(46(71)62-38(42(50)67)23-30-25-56-33-15-9-8-13-32(30)33)61-44(69)35(16-10-20-55-49(51)52)59-47(72)39(22-29-11-6-5-7-12-29)63-48(73)40(64-45(36)70)24-31-26-53-27-57-31/h5-9,11-13,15,25-27,34-40,56H,3-4,10,14,16-24H2,1-2H3,(H2,50,67)(H,53,57)(H,54,66)(H,58,65)(H,59,72)(H,60,68)(H,61,69)(H,62,71)(H,63,73)(H,64,70)(H4,51,52,55)/t34-,35-,36-,37-,38-,39+,40-/m0/s1. The highest BCUT2D eigenvalue weighted by Crippen LogP contribution is 2.19. The van der Waals surface area contributed by atoms with Gasteiger partial charge in [-0.3, -0.25) is 48.1 Å². The molecule has 7 atom stereocenters. The predicted octanol–water partition coefficient (Wildman–Crippen LogP) is -1.64. The second-order valence-electron chi connectivity index (χ2n) is 17.8. The van der Waals surface area contributed by atoms with Crippen molar-refractivity contribution in [3.05, 3.63) is 90.1 Å². The molecule has 0 saturated carbocycles. The number of H-pyrrole nitrogens is 2. The molecule has 2 aromatic heterocycles. The van der Waals surface area contributed by atoms with Crippen molar-refractivity contribution in [3.8, 4) is 0 Å². The predicted molar refractivity (Wildman–Crippen MR) is 269 cm³/mol. The highest BCUT2D eigenvalue weighted by molar-refractivity contribution is 5.98. The number of carbonyl (C=O) groups excluding carboxylic acids is 9. The Kier molecular flexibility index (Phi) is 21.3. The van der Waals surface area contributed by atoms with E-state index in [-0.39, 0.29) is 76.8 Å². The Morgan fingerprint density at radius 2 is 1.47 bits per heavy atom. The number of amides is 9. The van der Waals surface area contributed by atoms with Crippen LogP contribution in [-0.4, -0.2) is 129 Å². The number of aromatic nitrogens is 3. The Bertz CT molecular complexity index is 2560. The maximum absolute atomic E-state index is 14.6. The minimum atomic E-state index is -1.44. The molecule has 1 aliphatic heterocycles. The van der Waals surface area contributed by atoms with E-state index in [1.807, 2.05) is 31.2 Å². The van der Waals surface area contributed by atoms with Crippen LogP contribution in [0.3, 0.4) is 0 Å². The molecular formula is C49H67N15O9. The van der Waals surface area contributed by atoms with Gasteiger partial charge < -0.3 is 69.7 Å². The fourth-order valence-electron chi connectivity index (χ4n) is 8.21. The van der Waals surface area contributed by atoms with Gasteiger partial charge in [-0.1, -0.05) is 68.3 Å². The molecule has 1 fully saturated rings. The smallest absolute Gasteiger partial charge is 0.243 e. The zero-order valence-corrected chi connectivity index (χ0v) is 41.0. The van der Waals surface area contributed by atoms with Gasteiger partial charge >= 0.3 is 0 Å². The van der Waals surface area contributed by atoms with Gasteiger partial charge in [0.2, 0.25) is 53.2 Å². The number of nitrogens with two attached hydrogens (primary N) is 3. The van der Waals surface area contributed by atoms with Crippen LogP contribution in [0, 0.1) is 0 Å². The SMILES string of the molecule is CCCC[C@H](NC(C)=O)C(=O)N[C@H]1CCC(=O)NCC[C@@H](C(=O)N[C@@H](Cc2c[nH]c3ccccc23)C(N)=O)NC(=O)[C@H](CCCN=C(N)N)NC(=O)[C@@H](Cc2ccccc2)NC(=O)[C@H](Cc2cnc[nH]2)NC1=O. The summed E-state index contributed by atoms with van der Waals surface area (Å²) < 4.78 is 0. The Hall–Kier alpha value is -8.31. The third kappa shape index (κ3) is 17.8. The summed E-state index contributed by atoms with van der Waals surface area (Å²) in [5, 5.41) is 22.3. The molecule has 3 heterocycles. The maximum Gasteiger partial charge on any atom is 0.243 e. The van der Waals surface area contributed by atoms with E-state index < -0.39 is 95.5 Å². The van der Waals surface area contributed by atoms with Crippen LogP contribution in [0.25, 0.3) is 10.9 Å². The quantitative estimate of drug-likeness (QED) is 0.0286. The van der Waals surface area contributed by atoms with Gasteiger partial charge in [0, 0.05) is 74.7 Å². The number of carbonyl (C=O) groups is 9. The van der Waals surface area contributed by atoms with Gasteiger partial charge in [-0.05, 0) is 49.3 Å². The van der Waals surface area contributed by atoms with Crippen LogP contribution in [0.1, 0.15) is 82.0 Å². The van der Waals surface area contributed by atoms with Crippen LogP contribution < -0.4 is 59.7 Å². The summed E-state index contributed by atoms with van der Waals surface area (Å²) >= 11 is 0. The van der Waals surface area contributed by atoms with E-state index in [0.717, 1.165) is 10.9 Å². The van der Waals surface area contributed by atoms with Crippen LogP contribution in [0.4, 0.5) is 0 Å². The Labute approximate surface area is 421 Å². The molecule has 0 unspecified atom stereocenters. The van der Waals surface area contributed by atoms with E-state index in [2.05, 4.69) is 62.5 Å². The number of unbranched alkanes of at least 4 members (excludes halogenated alkanes) is 1. The van der Waals surface area contributed by atoms with Crippen molar-refractivity contribution in [2.24, 2.45) is 22.2 Å². The number of benzene rings is 2. The van der Waals surface area contributed by atoms with E-state index in [1.165, 1.54) is 19.4 Å². The van der Waals surface area contributed by atoms with Gasteiger partial charge in [-0.2, -0.15) is 0 Å². The summed E-state index contributed by atoms with van der Waals surface area (Å²) in [6.07, 6.45) is 4.95. The molecule has 0 spiro atoms. The summed E-state index contributed by atoms with van der Waals surface area (Å²) in [5.41, 5.74) is 19.4. The average molecular weight is 1010 g/mol. The number of nitrogens with one attached hydrogen (secondary N) is 10. The van der Waals surface area contributed by atoms with Gasteiger partial charge in [-0.15, -0.1) is 0 Å². The molecular weight excluding hydrogens is 943 g/mol. The fraction of sp³-hybridized carbons (Fsp3) is 0.449. The number of primary amides is 1. The zero-order chi connectivity index (χ0) is 52.9. The number of guanidine groups is 1. The first-order valence-electron chi connectivity index (χ1n) is 24.3. The Morgan fingerprint density at radius 1 is 0.781 bits per heavy atom. The van der Waals surface area contributed by atoms with Crippen LogP contribution >= 0.6 is 0 Å². The largest absolute Gasteiger partial charge is 0.370 e. The lowest BCUT2D eigenvalue weighted by Gasteiger charge is -2.28. The zero-order valence-electron chi connectivity index (χ0n) is 41.0. The number of hydrogen-bond acceptors (Lipinski definition) is 11. The summed E-state index contributed by atoms with van der Waals surface area (Å²) in [4.78, 5) is 138. The second kappa shape index (κ2) is 27.9. The normalized spacial score (nSPS) is 20.2. The van der Waals surface area contributed by atoms with Crippen molar-refractivity contribution < 1.29 is 43.2 Å². The first-order valence-corrected chi connectivity index (χ1v) is 24.3. The van der Waals surface area contributed by atoms with E-state index in [1.54, 1.807) is 36.5 Å². The first kappa shape index (κ1) is 55.6. The Balaban J connectivity index is 1.52. The maximum atomic E-state index is 14.6. The number of nitrogens with zero attached hydrogens (tertiary/aromatic N) is 2. The minimum absolute atomic E-state index is 0.0152. The lowest BCUT2D eigenvalue weighted by atomic mass is 10.0. The summed E-state index contributed by atoms with van der Waals surface area (Å²) in [6.45, 7) is 2.99. The number of hydrogen-bond donors (Lipinski definition) is 13. The molecule has 392 valence electrons. The molecule has 9 amide bonds. The molecule has 73 heavy (non-hydrogen) atoms. The molecule has 0 bridgehead atoms. The summed E-state index contributed by atoms with van der Waals surface area (Å²) in [5.74, 6) is -7.04. The van der Waals surface area contributed by atoms with Gasteiger partial charge in [-0.25, -0.2) is 4.98 Å². The van der Waals surface area contributed by atoms with Crippen molar-refractivity contribution in [1.29, 1.82) is 0 Å². The van der Waals surface area contributed by atoms with Crippen molar-refractivity contribution >= 4 is 70.0 Å². The topological polar surface area (TPSA) is 385 Å². The number of aromatic amines is 2. The molecule has 5 rings (SSSR count). The average Bonchev–Trinajstić information content (AvgIpc) is 4.03. The van der Waals surface area contributed by atoms with E-state index in [9.17, 15) is 43.2 Å². The lowest BCUT2D eigenvalue weighted by Crippen LogP contribution is -2.60. The molecule has 0 aliphatic carbocycles. The number of para-hydroxylation sites is 1. The molecule has 4 aromatic rings. The minimum Gasteiger partial charge on any atom is -0.370 e. The van der Waals surface area contributed by atoms with Gasteiger partial charge in [0.1, 0.15) is 42.3 Å². The van der Waals surface area contributed by atoms with E-state index in [0.29, 0.717) is 29.7 Å². The summed E-state index contributed by atoms with van der Waals surface area (Å²) in [7, 11) is 0. The van der Waals surface area contributed by atoms with Crippen LogP contribution in [0.15, 0.2) is 78.3 Å². The molecule has 24 nitrogen and oxygen atoms in total. The van der Waals surface area contributed by atoms with E-state index >= 15 is 0 Å². The molecule has 1 aliphatic rings. The summed E-state index contributed by atoms with van der Waals surface area (Å²) in [6, 6.07) is 6.74. The molecule has 0 radical (unpaired) electrons. The van der Waals surface area contributed by atoms with Crippen LogP contribution in [0.5, 0.6) is 0 Å². The molecule has 16 N–H and O–H groups in total. The lowest BCUT2D eigenvalue weighted by molar-refractivity contribution is -0.135. The first-order chi connectivity index (χ1) is 35.0. The highest BCUT2D eigenvalue weighted by Gasteiger charge is 2.35. The van der Waals surface area contributed by atoms with Gasteiger partial charge in [0.15, 0.2) is 5.96 Å². The van der Waals surface area contributed by atoms with Crippen molar-refractivity contribution in [3.63, 3.8) is 0 Å². The monoisotopic (exact) mass is 1010 g/mol. The van der Waals surface area contributed by atoms with E-state index in [4.69, 9.17) is 17.2 Å². The van der Waals surface area contributed by atoms with Crippen LogP contribution in [-0.2, 0) is 62.4 Å². The fourth-order valence-corrected chi connectivity index (χ4v) is 8.21. The third-order valence-corrected chi connectivity index (χ3v) is 12.1. The molecule has 2 aromatic carbocycles. The molecule has 1 saturated heterocycles. The highest BCUT2D eigenvalue weighted by atomic mass is 16.2. The van der Waals surface area contributed by atoms with Crippen molar-refractivity contribution in [2.75, 3.05) is 13.1 Å². The Morgan fingerprint density at radius 3 is 2.15 bits per heavy atom. The van der Waals surface area contributed by atoms with Crippen LogP contribution in [0.2, 0.25) is 0 Å². The van der Waals surface area contributed by atoms with Gasteiger partial charge in [0.25, 0.3) is 0 Å². The number of aliphatic imine (C=N–C) groups is 1. The molecule has 24 heteroatoms. The van der Waals surface area contributed by atoms with Gasteiger partial charge in [0.05, 0.1) is 6.33 Å². The number of imidazole rings is 1. The van der Waals surface area contributed by atoms with Crippen molar-refractivity contribution in [2.45, 2.75) is 127 Å². The number of fused-ring (bicyclic) bond motifs is 1.